The molecular formula is C15H22N2S3. The van der Waals surface area contributed by atoms with Crippen molar-refractivity contribution in [3.05, 3.63) is 23.8 Å². The molecule has 1 aliphatic heterocycles. The second-order valence-electron chi connectivity index (χ2n) is 4.79. The fourth-order valence-electron chi connectivity index (χ4n) is 2.49. The molecule has 110 valence electrons. The zero-order valence-electron chi connectivity index (χ0n) is 12.1. The number of anilines is 1. The van der Waals surface area contributed by atoms with Gasteiger partial charge < -0.3 is 10.6 Å². The Kier molecular flexibility index (Phi) is 6.05. The highest BCUT2D eigenvalue weighted by molar-refractivity contribution is 8.00. The van der Waals surface area contributed by atoms with Crippen molar-refractivity contribution in [2.24, 2.45) is 5.73 Å². The average molecular weight is 327 g/mol. The molecule has 2 N–H and O–H groups in total. The Morgan fingerprint density at radius 3 is 2.95 bits per heavy atom. The molecule has 0 aliphatic carbocycles. The van der Waals surface area contributed by atoms with Gasteiger partial charge in [-0.05, 0) is 24.3 Å². The maximum atomic E-state index is 6.01. The van der Waals surface area contributed by atoms with Crippen LogP contribution in [0.1, 0.15) is 25.8 Å². The molecule has 2 rings (SSSR count). The third-order valence-corrected chi connectivity index (χ3v) is 6.00. The number of thioether (sulfide) groups is 2. The van der Waals surface area contributed by atoms with Gasteiger partial charge in [0.25, 0.3) is 0 Å². The van der Waals surface area contributed by atoms with E-state index in [1.807, 2.05) is 11.8 Å². The summed E-state index contributed by atoms with van der Waals surface area (Å²) in [4.78, 5) is 4.19. The Morgan fingerprint density at radius 1 is 1.50 bits per heavy atom. The zero-order valence-corrected chi connectivity index (χ0v) is 14.5. The summed E-state index contributed by atoms with van der Waals surface area (Å²) in [6.45, 7) is 6.60. The Bertz CT molecular complexity index is 476. The monoisotopic (exact) mass is 326 g/mol. The minimum Gasteiger partial charge on any atom is -0.389 e. The van der Waals surface area contributed by atoms with E-state index in [1.165, 1.54) is 22.8 Å². The maximum absolute atomic E-state index is 6.01. The van der Waals surface area contributed by atoms with Crippen molar-refractivity contribution in [2.75, 3.05) is 29.5 Å². The molecule has 1 unspecified atom stereocenters. The van der Waals surface area contributed by atoms with Crippen LogP contribution in [-0.2, 0) is 0 Å². The largest absolute Gasteiger partial charge is 0.389 e. The van der Waals surface area contributed by atoms with E-state index < -0.39 is 0 Å². The topological polar surface area (TPSA) is 29.3 Å². The Labute approximate surface area is 135 Å². The highest BCUT2D eigenvalue weighted by atomic mass is 32.2. The van der Waals surface area contributed by atoms with Gasteiger partial charge in [-0.1, -0.05) is 32.1 Å². The van der Waals surface area contributed by atoms with E-state index in [0.717, 1.165) is 24.4 Å². The molecule has 1 aromatic carbocycles. The SMILES string of the molecule is CCSc1cccc(N2CCSC(CC)C2)c1C(N)=S. The molecule has 0 aromatic heterocycles. The number of benzene rings is 1. The first-order chi connectivity index (χ1) is 9.67. The summed E-state index contributed by atoms with van der Waals surface area (Å²) in [5.41, 5.74) is 8.29. The van der Waals surface area contributed by atoms with Gasteiger partial charge in [0.2, 0.25) is 0 Å². The number of hydrogen-bond acceptors (Lipinski definition) is 4. The van der Waals surface area contributed by atoms with Crippen molar-refractivity contribution >= 4 is 46.4 Å². The number of rotatable bonds is 5. The summed E-state index contributed by atoms with van der Waals surface area (Å²) in [5, 5.41) is 0.713. The number of nitrogens with two attached hydrogens (primary N) is 1. The minimum absolute atomic E-state index is 0.517. The van der Waals surface area contributed by atoms with Gasteiger partial charge >= 0.3 is 0 Å². The summed E-state index contributed by atoms with van der Waals surface area (Å²) < 4.78 is 0. The van der Waals surface area contributed by atoms with Crippen molar-refractivity contribution in [1.29, 1.82) is 0 Å². The van der Waals surface area contributed by atoms with E-state index in [1.54, 1.807) is 0 Å². The molecule has 0 amide bonds. The lowest BCUT2D eigenvalue weighted by molar-refractivity contribution is 0.727. The van der Waals surface area contributed by atoms with Gasteiger partial charge in [0.1, 0.15) is 4.99 Å². The first kappa shape index (κ1) is 16.0. The van der Waals surface area contributed by atoms with Gasteiger partial charge in [-0.2, -0.15) is 11.8 Å². The van der Waals surface area contributed by atoms with Gasteiger partial charge in [0.15, 0.2) is 0 Å². The molecule has 1 atom stereocenters. The molecule has 1 heterocycles. The van der Waals surface area contributed by atoms with Crippen molar-refractivity contribution in [3.8, 4) is 0 Å². The second kappa shape index (κ2) is 7.57. The Hall–Kier alpha value is -0.390. The lowest BCUT2D eigenvalue weighted by Gasteiger charge is -2.35. The lowest BCUT2D eigenvalue weighted by Crippen LogP contribution is -2.38. The molecule has 0 bridgehead atoms. The minimum atomic E-state index is 0.517. The van der Waals surface area contributed by atoms with Gasteiger partial charge in [0.05, 0.1) is 0 Å². The van der Waals surface area contributed by atoms with Gasteiger partial charge in [-0.15, -0.1) is 11.8 Å². The van der Waals surface area contributed by atoms with Crippen LogP contribution >= 0.6 is 35.7 Å². The van der Waals surface area contributed by atoms with E-state index in [9.17, 15) is 0 Å². The number of hydrogen-bond donors (Lipinski definition) is 1. The molecule has 20 heavy (non-hydrogen) atoms. The second-order valence-corrected chi connectivity index (χ2v) is 7.95. The maximum Gasteiger partial charge on any atom is 0.107 e. The quantitative estimate of drug-likeness (QED) is 0.657. The smallest absolute Gasteiger partial charge is 0.107 e. The predicted molar refractivity (Wildman–Crippen MR) is 97.5 cm³/mol. The Balaban J connectivity index is 2.34. The Morgan fingerprint density at radius 2 is 2.30 bits per heavy atom. The average Bonchev–Trinajstić information content (AvgIpc) is 2.47. The van der Waals surface area contributed by atoms with Gasteiger partial charge in [-0.3, -0.25) is 0 Å². The van der Waals surface area contributed by atoms with E-state index in [4.69, 9.17) is 18.0 Å². The van der Waals surface area contributed by atoms with Crippen LogP contribution < -0.4 is 10.6 Å². The highest BCUT2D eigenvalue weighted by Gasteiger charge is 2.23. The van der Waals surface area contributed by atoms with Crippen LogP contribution in [0, 0.1) is 0 Å². The van der Waals surface area contributed by atoms with Crippen molar-refractivity contribution in [1.82, 2.24) is 0 Å². The molecule has 2 nitrogen and oxygen atoms in total. The molecule has 1 fully saturated rings. The van der Waals surface area contributed by atoms with Crippen molar-refractivity contribution in [2.45, 2.75) is 30.4 Å². The van der Waals surface area contributed by atoms with Gasteiger partial charge in [-0.25, -0.2) is 0 Å². The zero-order chi connectivity index (χ0) is 14.5. The summed E-state index contributed by atoms with van der Waals surface area (Å²) >= 11 is 9.21. The summed E-state index contributed by atoms with van der Waals surface area (Å²) in [5.74, 6) is 2.22. The lowest BCUT2D eigenvalue weighted by atomic mass is 10.1. The molecule has 0 radical (unpaired) electrons. The van der Waals surface area contributed by atoms with Crippen LogP contribution in [0.4, 0.5) is 5.69 Å². The van der Waals surface area contributed by atoms with E-state index in [2.05, 4.69) is 48.7 Å². The molecule has 0 spiro atoms. The standard InChI is InChI=1S/C15H22N2S3/c1-3-11-10-17(8-9-20-11)12-6-5-7-13(19-4-2)14(12)15(16)18/h5-7,11H,3-4,8-10H2,1-2H3,(H2,16,18). The summed E-state index contributed by atoms with van der Waals surface area (Å²) in [7, 11) is 0. The van der Waals surface area contributed by atoms with Gasteiger partial charge in [0, 0.05) is 40.2 Å². The van der Waals surface area contributed by atoms with E-state index in [0.29, 0.717) is 10.2 Å². The molecule has 0 saturated carbocycles. The number of thiocarbonyl (C=S) groups is 1. The highest BCUT2D eigenvalue weighted by Crippen LogP contribution is 2.33. The molecule has 5 heteroatoms. The number of nitrogens with zero attached hydrogens (tertiary/aromatic N) is 1. The van der Waals surface area contributed by atoms with Crippen LogP contribution in [0.15, 0.2) is 23.1 Å². The fourth-order valence-corrected chi connectivity index (χ4v) is 4.80. The molecule has 1 aromatic rings. The van der Waals surface area contributed by atoms with Crippen LogP contribution in [0.5, 0.6) is 0 Å². The molecule has 1 saturated heterocycles. The van der Waals surface area contributed by atoms with E-state index >= 15 is 0 Å². The summed E-state index contributed by atoms with van der Waals surface area (Å²) in [6.07, 6.45) is 1.22. The van der Waals surface area contributed by atoms with Crippen molar-refractivity contribution in [3.63, 3.8) is 0 Å². The third-order valence-electron chi connectivity index (χ3n) is 3.49. The van der Waals surface area contributed by atoms with Crippen LogP contribution in [-0.4, -0.2) is 34.8 Å². The summed E-state index contributed by atoms with van der Waals surface area (Å²) in [6, 6.07) is 6.41. The molecular weight excluding hydrogens is 304 g/mol. The predicted octanol–water partition coefficient (Wildman–Crippen LogP) is 3.76. The normalized spacial score (nSPS) is 19.1. The third kappa shape index (κ3) is 3.62. The fraction of sp³-hybridized carbons (Fsp3) is 0.533. The first-order valence-electron chi connectivity index (χ1n) is 7.09. The van der Waals surface area contributed by atoms with Crippen molar-refractivity contribution < 1.29 is 0 Å². The van der Waals surface area contributed by atoms with E-state index in [-0.39, 0.29) is 0 Å². The van der Waals surface area contributed by atoms with Crippen LogP contribution in [0.2, 0.25) is 0 Å². The first-order valence-corrected chi connectivity index (χ1v) is 9.53. The van der Waals surface area contributed by atoms with Crippen LogP contribution in [0.3, 0.4) is 0 Å². The molecule has 1 aliphatic rings. The van der Waals surface area contributed by atoms with Crippen LogP contribution in [0.25, 0.3) is 0 Å².